The highest BCUT2D eigenvalue weighted by Gasteiger charge is 2.26. The second-order valence-corrected chi connectivity index (χ2v) is 8.95. The van der Waals surface area contributed by atoms with Crippen LogP contribution in [0.1, 0.15) is 21.5 Å². The van der Waals surface area contributed by atoms with Gasteiger partial charge in [-0.1, -0.05) is 0 Å². The molecule has 0 amide bonds. The van der Waals surface area contributed by atoms with E-state index in [0.717, 1.165) is 16.5 Å². The lowest BCUT2D eigenvalue weighted by molar-refractivity contribution is 0.0921. The first-order valence-corrected chi connectivity index (χ1v) is 10.9. The number of ketones is 1. The van der Waals surface area contributed by atoms with Gasteiger partial charge in [0.2, 0.25) is 10.0 Å². The largest absolute Gasteiger partial charge is 0.485 e. The predicted octanol–water partition coefficient (Wildman–Crippen LogP) is 2.69. The van der Waals surface area contributed by atoms with Crippen molar-refractivity contribution in [3.63, 3.8) is 0 Å². The maximum absolute atomic E-state index is 12.5. The van der Waals surface area contributed by atoms with Gasteiger partial charge in [-0.3, -0.25) is 9.10 Å². The molecule has 2 heterocycles. The van der Waals surface area contributed by atoms with Crippen LogP contribution in [0.4, 0.5) is 5.69 Å². The first kappa shape index (κ1) is 19.2. The van der Waals surface area contributed by atoms with Gasteiger partial charge in [-0.25, -0.2) is 13.2 Å². The minimum absolute atomic E-state index is 0.184. The van der Waals surface area contributed by atoms with E-state index in [-0.39, 0.29) is 12.4 Å². The van der Waals surface area contributed by atoms with Gasteiger partial charge in [0.25, 0.3) is 0 Å². The monoisotopic (exact) mass is 413 g/mol. The molecule has 0 bridgehead atoms. The number of aryl methyl sites for hydroxylation is 1. The first-order chi connectivity index (χ1) is 13.7. The van der Waals surface area contributed by atoms with Crippen LogP contribution >= 0.6 is 0 Å². The van der Waals surface area contributed by atoms with Crippen LogP contribution in [0.5, 0.6) is 5.75 Å². The molecule has 0 spiro atoms. The minimum atomic E-state index is -3.33. The number of nitrogens with zero attached hydrogens (tertiary/aromatic N) is 1. The standard InChI is InChI=1S/C21H19NO6S/c1-13-9-21(24)28-20-11-16(4-5-17(13)20)27-12-19(23)15-3-6-18-14(10-15)7-8-22(18)29(2,25)26/h3-6,9-11H,7-8,12H2,1-2H3. The van der Waals surface area contributed by atoms with Gasteiger partial charge in [0.15, 0.2) is 12.4 Å². The van der Waals surface area contributed by atoms with Crippen LogP contribution < -0.4 is 14.7 Å². The number of fused-ring (bicyclic) bond motifs is 2. The minimum Gasteiger partial charge on any atom is -0.485 e. The summed E-state index contributed by atoms with van der Waals surface area (Å²) in [4.78, 5) is 24.1. The summed E-state index contributed by atoms with van der Waals surface area (Å²) in [6.45, 7) is 2.02. The van der Waals surface area contributed by atoms with Crippen LogP contribution in [0.2, 0.25) is 0 Å². The molecular formula is C21H19NO6S. The average Bonchev–Trinajstić information content (AvgIpc) is 3.09. The number of rotatable bonds is 5. The topological polar surface area (TPSA) is 93.9 Å². The van der Waals surface area contributed by atoms with Crippen molar-refractivity contribution in [2.45, 2.75) is 13.3 Å². The average molecular weight is 413 g/mol. The number of ether oxygens (including phenoxy) is 1. The van der Waals surface area contributed by atoms with Crippen LogP contribution in [-0.4, -0.2) is 33.6 Å². The van der Waals surface area contributed by atoms with Crippen LogP contribution in [-0.2, 0) is 16.4 Å². The number of carbonyl (C=O) groups is 1. The molecule has 4 rings (SSSR count). The van der Waals surface area contributed by atoms with E-state index >= 15 is 0 Å². The third-order valence-electron chi connectivity index (χ3n) is 4.95. The summed E-state index contributed by atoms with van der Waals surface area (Å²) in [6.07, 6.45) is 1.73. The number of carbonyl (C=O) groups excluding carboxylic acids is 1. The number of benzene rings is 2. The normalized spacial score (nSPS) is 13.5. The Labute approximate surface area is 167 Å². The van der Waals surface area contributed by atoms with E-state index in [4.69, 9.17) is 9.15 Å². The molecule has 0 aliphatic carbocycles. The highest BCUT2D eigenvalue weighted by Crippen LogP contribution is 2.31. The highest BCUT2D eigenvalue weighted by atomic mass is 32.2. The van der Waals surface area contributed by atoms with Gasteiger partial charge in [0.05, 0.1) is 11.9 Å². The molecule has 0 radical (unpaired) electrons. The maximum atomic E-state index is 12.5. The summed E-state index contributed by atoms with van der Waals surface area (Å²) in [5.74, 6) is 0.195. The van der Waals surface area contributed by atoms with Crippen molar-refractivity contribution in [2.75, 3.05) is 23.7 Å². The number of Topliss-reactive ketones (excluding diaryl/α,β-unsaturated/α-hetero) is 1. The van der Waals surface area contributed by atoms with E-state index in [1.807, 2.05) is 6.92 Å². The fourth-order valence-electron chi connectivity index (χ4n) is 3.52. The Morgan fingerprint density at radius 1 is 1.17 bits per heavy atom. The van der Waals surface area contributed by atoms with Crippen molar-refractivity contribution in [2.24, 2.45) is 0 Å². The summed E-state index contributed by atoms with van der Waals surface area (Å²) >= 11 is 0. The Kier molecular flexibility index (Phi) is 4.66. The van der Waals surface area contributed by atoms with Gasteiger partial charge in [-0.05, 0) is 54.8 Å². The third-order valence-corrected chi connectivity index (χ3v) is 6.13. The van der Waals surface area contributed by atoms with Gasteiger partial charge in [0.1, 0.15) is 11.3 Å². The van der Waals surface area contributed by atoms with Crippen molar-refractivity contribution < 1.29 is 22.4 Å². The van der Waals surface area contributed by atoms with Crippen molar-refractivity contribution in [3.05, 3.63) is 69.6 Å². The van der Waals surface area contributed by atoms with Crippen LogP contribution in [0.15, 0.2) is 51.7 Å². The lowest BCUT2D eigenvalue weighted by Crippen LogP contribution is -2.27. The molecule has 3 aromatic rings. The highest BCUT2D eigenvalue weighted by molar-refractivity contribution is 7.92. The second kappa shape index (κ2) is 7.04. The Morgan fingerprint density at radius 2 is 1.97 bits per heavy atom. The van der Waals surface area contributed by atoms with E-state index in [9.17, 15) is 18.0 Å². The molecule has 1 aliphatic rings. The molecule has 0 unspecified atom stereocenters. The van der Waals surface area contributed by atoms with Crippen molar-refractivity contribution in [1.82, 2.24) is 0 Å². The number of anilines is 1. The van der Waals surface area contributed by atoms with Gasteiger partial charge in [-0.2, -0.15) is 0 Å². The Bertz CT molecular complexity index is 1290. The molecule has 0 saturated heterocycles. The van der Waals surface area contributed by atoms with E-state index in [1.165, 1.54) is 16.6 Å². The summed E-state index contributed by atoms with van der Waals surface area (Å²) < 4.78 is 35.8. The molecule has 0 atom stereocenters. The zero-order chi connectivity index (χ0) is 20.8. The first-order valence-electron chi connectivity index (χ1n) is 9.03. The van der Waals surface area contributed by atoms with Gasteiger partial charge in [-0.15, -0.1) is 0 Å². The third kappa shape index (κ3) is 3.75. The molecule has 29 heavy (non-hydrogen) atoms. The SMILES string of the molecule is Cc1cc(=O)oc2cc(OCC(=O)c3ccc4c(c3)CCN4S(C)(=O)=O)ccc12. The van der Waals surface area contributed by atoms with E-state index < -0.39 is 15.6 Å². The lowest BCUT2D eigenvalue weighted by Gasteiger charge is -2.16. The fraction of sp³-hybridized carbons (Fsp3) is 0.238. The predicted molar refractivity (Wildman–Crippen MR) is 109 cm³/mol. The molecular weight excluding hydrogens is 394 g/mol. The molecule has 1 aromatic heterocycles. The maximum Gasteiger partial charge on any atom is 0.336 e. The Morgan fingerprint density at radius 3 is 2.72 bits per heavy atom. The summed E-state index contributed by atoms with van der Waals surface area (Å²) in [6, 6.07) is 11.5. The number of hydrogen-bond donors (Lipinski definition) is 0. The fourth-order valence-corrected chi connectivity index (χ4v) is 4.48. The zero-order valence-electron chi connectivity index (χ0n) is 16.0. The van der Waals surface area contributed by atoms with Crippen molar-refractivity contribution in [3.8, 4) is 5.75 Å². The van der Waals surface area contributed by atoms with Gasteiger partial charge in [0, 0.05) is 29.6 Å². The molecule has 0 N–H and O–H groups in total. The number of hydrogen-bond acceptors (Lipinski definition) is 6. The zero-order valence-corrected chi connectivity index (χ0v) is 16.8. The van der Waals surface area contributed by atoms with E-state index in [2.05, 4.69) is 0 Å². The quantitative estimate of drug-likeness (QED) is 0.472. The van der Waals surface area contributed by atoms with Crippen molar-refractivity contribution in [1.29, 1.82) is 0 Å². The molecule has 7 nitrogen and oxygen atoms in total. The molecule has 150 valence electrons. The van der Waals surface area contributed by atoms with Gasteiger partial charge < -0.3 is 9.15 Å². The summed E-state index contributed by atoms with van der Waals surface area (Å²) in [5, 5.41) is 0.803. The Balaban J connectivity index is 1.51. The molecule has 1 aliphatic heterocycles. The Hall–Kier alpha value is -3.13. The van der Waals surface area contributed by atoms with Gasteiger partial charge >= 0.3 is 5.63 Å². The summed E-state index contributed by atoms with van der Waals surface area (Å²) in [5.41, 5.74) is 2.67. The van der Waals surface area contributed by atoms with Crippen LogP contribution in [0.3, 0.4) is 0 Å². The lowest BCUT2D eigenvalue weighted by atomic mass is 10.1. The van der Waals surface area contributed by atoms with Crippen molar-refractivity contribution >= 4 is 32.5 Å². The number of sulfonamides is 1. The molecule has 2 aromatic carbocycles. The van der Waals surface area contributed by atoms with E-state index in [0.29, 0.717) is 35.5 Å². The molecule has 0 fully saturated rings. The molecule has 0 saturated carbocycles. The molecule has 8 heteroatoms. The van der Waals surface area contributed by atoms with E-state index in [1.54, 1.807) is 36.4 Å². The smallest absolute Gasteiger partial charge is 0.336 e. The van der Waals surface area contributed by atoms with Crippen LogP contribution in [0.25, 0.3) is 11.0 Å². The second-order valence-electron chi connectivity index (χ2n) is 7.05. The summed E-state index contributed by atoms with van der Waals surface area (Å²) in [7, 11) is -3.33. The van der Waals surface area contributed by atoms with Crippen LogP contribution in [0, 0.1) is 6.92 Å².